The van der Waals surface area contributed by atoms with Gasteiger partial charge in [-0.05, 0) is 36.5 Å². The number of aliphatic imine (C=N–C) groups is 1. The van der Waals surface area contributed by atoms with Gasteiger partial charge in [0.25, 0.3) is 0 Å². The molecule has 0 amide bonds. The smallest absolute Gasteiger partial charge is 0.188 e. The Morgan fingerprint density at radius 2 is 2.21 bits per heavy atom. The maximum absolute atomic E-state index is 13.3. The average Bonchev–Trinajstić information content (AvgIpc) is 3.15. The number of guanidine groups is 1. The average molecular weight is 263 g/mol. The molecule has 0 aromatic heterocycles. The number of nitrogens with zero attached hydrogens (tertiary/aromatic N) is 1. The number of hydrogen-bond donors (Lipinski definition) is 2. The third-order valence-electron chi connectivity index (χ3n) is 3.53. The van der Waals surface area contributed by atoms with Crippen LogP contribution in [0.2, 0.25) is 0 Å². The van der Waals surface area contributed by atoms with Crippen molar-refractivity contribution in [2.45, 2.75) is 32.1 Å². The van der Waals surface area contributed by atoms with Gasteiger partial charge in [0, 0.05) is 12.0 Å². The van der Waals surface area contributed by atoms with E-state index in [2.05, 4.69) is 24.2 Å². The molecule has 2 rings (SSSR count). The summed E-state index contributed by atoms with van der Waals surface area (Å²) in [4.78, 5) is 4.40. The Morgan fingerprint density at radius 3 is 2.79 bits per heavy atom. The Labute approximate surface area is 114 Å². The number of halogens is 1. The van der Waals surface area contributed by atoms with E-state index in [1.807, 2.05) is 6.07 Å². The summed E-state index contributed by atoms with van der Waals surface area (Å²) in [6, 6.07) is 6.82. The van der Waals surface area contributed by atoms with Crippen LogP contribution in [0, 0.1) is 11.7 Å². The van der Waals surface area contributed by atoms with Gasteiger partial charge in [0.15, 0.2) is 5.96 Å². The number of rotatable bonds is 5. The van der Waals surface area contributed by atoms with Crippen LogP contribution in [-0.2, 0) is 5.41 Å². The Kier molecular flexibility index (Phi) is 4.08. The lowest BCUT2D eigenvalue weighted by Crippen LogP contribution is -2.35. The topological polar surface area (TPSA) is 50.4 Å². The number of benzene rings is 1. The van der Waals surface area contributed by atoms with E-state index in [1.54, 1.807) is 12.1 Å². The first-order valence-electron chi connectivity index (χ1n) is 6.82. The predicted octanol–water partition coefficient (Wildman–Crippen LogP) is 2.42. The largest absolute Gasteiger partial charge is 0.370 e. The first kappa shape index (κ1) is 13.8. The van der Waals surface area contributed by atoms with Crippen molar-refractivity contribution in [3.8, 4) is 0 Å². The molecule has 1 aromatic carbocycles. The Balaban J connectivity index is 1.97. The van der Waals surface area contributed by atoms with Crippen LogP contribution in [-0.4, -0.2) is 19.0 Å². The van der Waals surface area contributed by atoms with Crippen LogP contribution < -0.4 is 11.1 Å². The van der Waals surface area contributed by atoms with Gasteiger partial charge < -0.3 is 11.1 Å². The molecule has 104 valence electrons. The van der Waals surface area contributed by atoms with Crippen molar-refractivity contribution in [1.29, 1.82) is 0 Å². The molecular weight excluding hydrogens is 241 g/mol. The van der Waals surface area contributed by atoms with Crippen LogP contribution in [0.1, 0.15) is 32.3 Å². The van der Waals surface area contributed by atoms with E-state index in [0.717, 1.165) is 24.9 Å². The van der Waals surface area contributed by atoms with Gasteiger partial charge in [-0.3, -0.25) is 4.99 Å². The minimum atomic E-state index is -0.182. The molecule has 1 aromatic rings. The molecule has 1 aliphatic rings. The van der Waals surface area contributed by atoms with Gasteiger partial charge in [0.1, 0.15) is 5.82 Å². The van der Waals surface area contributed by atoms with Crippen molar-refractivity contribution < 1.29 is 4.39 Å². The molecular formula is C15H22FN3. The zero-order valence-corrected chi connectivity index (χ0v) is 11.6. The molecule has 1 aliphatic carbocycles. The molecule has 1 saturated carbocycles. The minimum absolute atomic E-state index is 0.00618. The SMILES string of the molecule is CC(C)CNC(N)=NCC1(c2cccc(F)c2)CC1. The minimum Gasteiger partial charge on any atom is -0.370 e. The summed E-state index contributed by atoms with van der Waals surface area (Å²) >= 11 is 0. The normalized spacial score (nSPS) is 17.6. The van der Waals surface area contributed by atoms with E-state index in [-0.39, 0.29) is 11.2 Å². The van der Waals surface area contributed by atoms with E-state index in [0.29, 0.717) is 18.4 Å². The van der Waals surface area contributed by atoms with Crippen molar-refractivity contribution in [3.63, 3.8) is 0 Å². The highest BCUT2D eigenvalue weighted by atomic mass is 19.1. The first-order valence-corrected chi connectivity index (χ1v) is 6.82. The highest BCUT2D eigenvalue weighted by molar-refractivity contribution is 5.77. The van der Waals surface area contributed by atoms with Crippen LogP contribution in [0.15, 0.2) is 29.3 Å². The van der Waals surface area contributed by atoms with Gasteiger partial charge >= 0.3 is 0 Å². The Bertz CT molecular complexity index is 464. The van der Waals surface area contributed by atoms with Crippen LogP contribution in [0.25, 0.3) is 0 Å². The molecule has 19 heavy (non-hydrogen) atoms. The molecule has 0 radical (unpaired) electrons. The Hall–Kier alpha value is -1.58. The van der Waals surface area contributed by atoms with Crippen molar-refractivity contribution in [2.75, 3.05) is 13.1 Å². The zero-order chi connectivity index (χ0) is 13.9. The predicted molar refractivity (Wildman–Crippen MR) is 76.6 cm³/mol. The molecule has 3 nitrogen and oxygen atoms in total. The number of nitrogens with two attached hydrogens (primary N) is 1. The summed E-state index contributed by atoms with van der Waals surface area (Å²) in [6.45, 7) is 5.69. The van der Waals surface area contributed by atoms with Crippen LogP contribution in [0.4, 0.5) is 4.39 Å². The number of nitrogens with one attached hydrogen (secondary N) is 1. The van der Waals surface area contributed by atoms with Crippen LogP contribution in [0.5, 0.6) is 0 Å². The van der Waals surface area contributed by atoms with E-state index in [4.69, 9.17) is 5.73 Å². The van der Waals surface area contributed by atoms with E-state index >= 15 is 0 Å². The van der Waals surface area contributed by atoms with E-state index in [9.17, 15) is 4.39 Å². The van der Waals surface area contributed by atoms with Crippen LogP contribution in [0.3, 0.4) is 0 Å². The van der Waals surface area contributed by atoms with E-state index < -0.39 is 0 Å². The lowest BCUT2D eigenvalue weighted by molar-refractivity contribution is 0.611. The molecule has 0 atom stereocenters. The Morgan fingerprint density at radius 1 is 1.47 bits per heavy atom. The summed E-state index contributed by atoms with van der Waals surface area (Å²) in [5.41, 5.74) is 6.87. The van der Waals surface area contributed by atoms with Gasteiger partial charge in [-0.2, -0.15) is 0 Å². The van der Waals surface area contributed by atoms with Crippen molar-refractivity contribution in [2.24, 2.45) is 16.6 Å². The molecule has 0 spiro atoms. The third kappa shape index (κ3) is 3.69. The van der Waals surface area contributed by atoms with Crippen LogP contribution >= 0.6 is 0 Å². The lowest BCUT2D eigenvalue weighted by Gasteiger charge is -2.14. The second-order valence-corrected chi connectivity index (χ2v) is 5.77. The number of hydrogen-bond acceptors (Lipinski definition) is 1. The second kappa shape index (κ2) is 5.59. The van der Waals surface area contributed by atoms with Gasteiger partial charge in [-0.15, -0.1) is 0 Å². The highest BCUT2D eigenvalue weighted by Crippen LogP contribution is 2.48. The summed E-state index contributed by atoms with van der Waals surface area (Å²) in [7, 11) is 0. The monoisotopic (exact) mass is 263 g/mol. The van der Waals surface area contributed by atoms with Crippen molar-refractivity contribution >= 4 is 5.96 Å². The lowest BCUT2D eigenvalue weighted by atomic mass is 9.96. The zero-order valence-electron chi connectivity index (χ0n) is 11.6. The van der Waals surface area contributed by atoms with Gasteiger partial charge in [-0.25, -0.2) is 4.39 Å². The fraction of sp³-hybridized carbons (Fsp3) is 0.533. The molecule has 0 heterocycles. The highest BCUT2D eigenvalue weighted by Gasteiger charge is 2.44. The van der Waals surface area contributed by atoms with Gasteiger partial charge in [0.2, 0.25) is 0 Å². The standard InChI is InChI=1S/C15H22FN3/c1-11(2)9-18-14(17)19-10-15(6-7-15)12-4-3-5-13(16)8-12/h3-5,8,11H,6-7,9-10H2,1-2H3,(H3,17,18,19). The summed E-state index contributed by atoms with van der Waals surface area (Å²) < 4.78 is 13.3. The van der Waals surface area contributed by atoms with Gasteiger partial charge in [0.05, 0.1) is 6.54 Å². The fourth-order valence-electron chi connectivity index (χ4n) is 2.11. The molecule has 0 aliphatic heterocycles. The summed E-state index contributed by atoms with van der Waals surface area (Å²) in [5.74, 6) is 0.835. The quantitative estimate of drug-likeness (QED) is 0.633. The second-order valence-electron chi connectivity index (χ2n) is 5.77. The summed E-state index contributed by atoms with van der Waals surface area (Å²) in [5, 5.41) is 3.10. The molecule has 0 bridgehead atoms. The first-order chi connectivity index (χ1) is 9.02. The molecule has 0 unspecified atom stereocenters. The molecule has 0 saturated heterocycles. The molecule has 3 N–H and O–H groups in total. The van der Waals surface area contributed by atoms with Crippen molar-refractivity contribution in [3.05, 3.63) is 35.6 Å². The third-order valence-corrected chi connectivity index (χ3v) is 3.53. The maximum Gasteiger partial charge on any atom is 0.188 e. The van der Waals surface area contributed by atoms with Gasteiger partial charge in [-0.1, -0.05) is 26.0 Å². The fourth-order valence-corrected chi connectivity index (χ4v) is 2.11. The molecule has 1 fully saturated rings. The maximum atomic E-state index is 13.3. The van der Waals surface area contributed by atoms with E-state index in [1.165, 1.54) is 6.07 Å². The molecule has 4 heteroatoms. The van der Waals surface area contributed by atoms with Crippen molar-refractivity contribution in [1.82, 2.24) is 5.32 Å². The summed E-state index contributed by atoms with van der Waals surface area (Å²) in [6.07, 6.45) is 2.11.